The quantitative estimate of drug-likeness (QED) is 0.797. The lowest BCUT2D eigenvalue weighted by atomic mass is 9.99. The molecule has 5 nitrogen and oxygen atoms in total. The van der Waals surface area contributed by atoms with Gasteiger partial charge < -0.3 is 15.6 Å². The van der Waals surface area contributed by atoms with Crippen molar-refractivity contribution in [2.75, 3.05) is 6.54 Å². The summed E-state index contributed by atoms with van der Waals surface area (Å²) in [6.45, 7) is 5.00. The summed E-state index contributed by atoms with van der Waals surface area (Å²) in [5.74, 6) is 1.07. The summed E-state index contributed by atoms with van der Waals surface area (Å²) in [4.78, 5) is 11.2. The molecule has 0 unspecified atom stereocenters. The molecular formula is C12H22ClN3O2. The van der Waals surface area contributed by atoms with Gasteiger partial charge in [0.25, 0.3) is 0 Å². The fourth-order valence-electron chi connectivity index (χ4n) is 1.72. The van der Waals surface area contributed by atoms with Crippen molar-refractivity contribution in [3.05, 3.63) is 17.5 Å². The maximum Gasteiger partial charge on any atom is 0.221 e. The van der Waals surface area contributed by atoms with E-state index in [4.69, 9.17) is 10.3 Å². The zero-order chi connectivity index (χ0) is 12.7. The molecule has 6 heteroatoms. The van der Waals surface area contributed by atoms with Crippen LogP contribution in [0.25, 0.3) is 0 Å². The molecule has 1 rings (SSSR count). The number of rotatable bonds is 7. The van der Waals surface area contributed by atoms with Crippen molar-refractivity contribution in [3.8, 4) is 0 Å². The van der Waals surface area contributed by atoms with Gasteiger partial charge in [0.1, 0.15) is 0 Å². The monoisotopic (exact) mass is 275 g/mol. The Kier molecular flexibility index (Phi) is 8.41. The molecule has 0 bridgehead atoms. The van der Waals surface area contributed by atoms with Crippen molar-refractivity contribution in [1.82, 2.24) is 10.5 Å². The highest BCUT2D eigenvalue weighted by Gasteiger charge is 2.13. The lowest BCUT2D eigenvalue weighted by Gasteiger charge is -2.05. The zero-order valence-electron chi connectivity index (χ0n) is 10.9. The Bertz CT molecular complexity index is 351. The number of nitrogens with zero attached hydrogens (tertiary/aromatic N) is 1. The van der Waals surface area contributed by atoms with Crippen LogP contribution in [0.2, 0.25) is 0 Å². The second-order valence-electron chi connectivity index (χ2n) is 4.05. The van der Waals surface area contributed by atoms with Gasteiger partial charge in [0.15, 0.2) is 5.76 Å². The average Bonchev–Trinajstić information content (AvgIpc) is 2.77. The second kappa shape index (κ2) is 8.94. The van der Waals surface area contributed by atoms with Crippen LogP contribution in [-0.4, -0.2) is 17.6 Å². The Hall–Kier alpha value is -1.07. The molecule has 1 heterocycles. The van der Waals surface area contributed by atoms with Crippen LogP contribution in [0, 0.1) is 0 Å². The molecule has 0 spiro atoms. The Morgan fingerprint density at radius 3 is 2.72 bits per heavy atom. The minimum atomic E-state index is -0.0621. The van der Waals surface area contributed by atoms with Crippen LogP contribution >= 0.6 is 12.4 Å². The van der Waals surface area contributed by atoms with Crippen molar-refractivity contribution < 1.29 is 9.32 Å². The lowest BCUT2D eigenvalue weighted by Crippen LogP contribution is -2.24. The van der Waals surface area contributed by atoms with Gasteiger partial charge in [-0.1, -0.05) is 19.0 Å². The van der Waals surface area contributed by atoms with Crippen molar-refractivity contribution in [2.45, 2.75) is 45.6 Å². The van der Waals surface area contributed by atoms with Crippen LogP contribution in [0.3, 0.4) is 0 Å². The highest BCUT2D eigenvalue weighted by Crippen LogP contribution is 2.22. The normalized spacial score (nSPS) is 10.2. The molecule has 0 aliphatic carbocycles. The number of hydrogen-bond acceptors (Lipinski definition) is 4. The number of carbonyl (C=O) groups is 1. The molecule has 3 N–H and O–H groups in total. The van der Waals surface area contributed by atoms with E-state index in [1.165, 1.54) is 0 Å². The Morgan fingerprint density at radius 2 is 2.17 bits per heavy atom. The summed E-state index contributed by atoms with van der Waals surface area (Å²) >= 11 is 0. The van der Waals surface area contributed by atoms with Crippen LogP contribution in [0.1, 0.15) is 50.5 Å². The summed E-state index contributed by atoms with van der Waals surface area (Å²) in [6.07, 6.45) is 2.43. The molecule has 0 saturated heterocycles. The molecule has 0 aromatic carbocycles. The van der Waals surface area contributed by atoms with Crippen LogP contribution in [0.4, 0.5) is 0 Å². The Labute approximate surface area is 114 Å². The number of nitrogens with one attached hydrogen (secondary N) is 1. The van der Waals surface area contributed by atoms with Gasteiger partial charge in [-0.3, -0.25) is 4.79 Å². The molecule has 0 fully saturated rings. The molecule has 0 aliphatic heterocycles. The van der Waals surface area contributed by atoms with Gasteiger partial charge in [-0.25, -0.2) is 0 Å². The van der Waals surface area contributed by atoms with E-state index in [1.807, 2.05) is 6.07 Å². The van der Waals surface area contributed by atoms with Crippen molar-refractivity contribution in [3.63, 3.8) is 0 Å². The number of amides is 1. The van der Waals surface area contributed by atoms with Gasteiger partial charge in [-0.05, 0) is 12.8 Å². The summed E-state index contributed by atoms with van der Waals surface area (Å²) in [7, 11) is 0. The summed E-state index contributed by atoms with van der Waals surface area (Å²) in [6, 6.07) is 1.92. The molecule has 0 aliphatic rings. The number of hydrogen-bond donors (Lipinski definition) is 2. The summed E-state index contributed by atoms with van der Waals surface area (Å²) in [5.41, 5.74) is 6.25. The number of halogens is 1. The second-order valence-corrected chi connectivity index (χ2v) is 4.05. The van der Waals surface area contributed by atoms with Gasteiger partial charge in [0.05, 0.1) is 12.2 Å². The predicted octanol–water partition coefficient (Wildman–Crippen LogP) is 1.96. The summed E-state index contributed by atoms with van der Waals surface area (Å²) < 4.78 is 5.18. The van der Waals surface area contributed by atoms with Crippen LogP contribution in [0.15, 0.2) is 10.6 Å². The molecule has 0 radical (unpaired) electrons. The molecule has 18 heavy (non-hydrogen) atoms. The first-order valence-corrected chi connectivity index (χ1v) is 6.13. The molecule has 0 saturated carbocycles. The highest BCUT2D eigenvalue weighted by atomic mass is 35.5. The van der Waals surface area contributed by atoms with Crippen LogP contribution in [-0.2, 0) is 11.3 Å². The lowest BCUT2D eigenvalue weighted by molar-refractivity contribution is -0.121. The van der Waals surface area contributed by atoms with E-state index >= 15 is 0 Å². The molecule has 1 aromatic heterocycles. The van der Waals surface area contributed by atoms with Gasteiger partial charge in [-0.2, -0.15) is 0 Å². The minimum Gasteiger partial charge on any atom is -0.359 e. The van der Waals surface area contributed by atoms with E-state index in [2.05, 4.69) is 24.3 Å². The molecule has 1 aromatic rings. The third-order valence-electron chi connectivity index (χ3n) is 2.81. The van der Waals surface area contributed by atoms with Crippen LogP contribution < -0.4 is 11.1 Å². The van der Waals surface area contributed by atoms with E-state index in [0.717, 1.165) is 18.5 Å². The fourth-order valence-corrected chi connectivity index (χ4v) is 1.72. The number of carbonyl (C=O) groups excluding carboxylic acids is 1. The first-order valence-electron chi connectivity index (χ1n) is 6.13. The average molecular weight is 276 g/mol. The third-order valence-corrected chi connectivity index (χ3v) is 2.81. The first-order chi connectivity index (χ1) is 8.21. The predicted molar refractivity (Wildman–Crippen MR) is 72.6 cm³/mol. The van der Waals surface area contributed by atoms with Gasteiger partial charge in [0, 0.05) is 24.9 Å². The largest absolute Gasteiger partial charge is 0.359 e. The van der Waals surface area contributed by atoms with E-state index < -0.39 is 0 Å². The molecular weight excluding hydrogens is 254 g/mol. The van der Waals surface area contributed by atoms with E-state index in [0.29, 0.717) is 31.2 Å². The maximum absolute atomic E-state index is 11.2. The van der Waals surface area contributed by atoms with Crippen molar-refractivity contribution >= 4 is 18.3 Å². The smallest absolute Gasteiger partial charge is 0.221 e. The van der Waals surface area contributed by atoms with Crippen molar-refractivity contribution in [1.29, 1.82) is 0 Å². The summed E-state index contributed by atoms with van der Waals surface area (Å²) in [5, 5.41) is 6.77. The van der Waals surface area contributed by atoms with Gasteiger partial charge in [-0.15, -0.1) is 12.4 Å². The zero-order valence-corrected chi connectivity index (χ0v) is 11.8. The first kappa shape index (κ1) is 16.9. The number of nitrogens with two attached hydrogens (primary N) is 1. The van der Waals surface area contributed by atoms with Crippen LogP contribution in [0.5, 0.6) is 0 Å². The van der Waals surface area contributed by atoms with Crippen molar-refractivity contribution in [2.24, 2.45) is 5.73 Å². The van der Waals surface area contributed by atoms with E-state index in [1.54, 1.807) is 0 Å². The third kappa shape index (κ3) is 5.06. The fraction of sp³-hybridized carbons (Fsp3) is 0.667. The SMILES string of the molecule is CCC(CC)c1cc(CNC(=O)CCN)on1.Cl. The van der Waals surface area contributed by atoms with Gasteiger partial charge >= 0.3 is 0 Å². The van der Waals surface area contributed by atoms with E-state index in [-0.39, 0.29) is 18.3 Å². The minimum absolute atomic E-state index is 0. The molecule has 104 valence electrons. The topological polar surface area (TPSA) is 81.2 Å². The van der Waals surface area contributed by atoms with Gasteiger partial charge in [0.2, 0.25) is 5.91 Å². The Morgan fingerprint density at radius 1 is 1.50 bits per heavy atom. The highest BCUT2D eigenvalue weighted by molar-refractivity contribution is 5.85. The Balaban J connectivity index is 0.00000289. The van der Waals surface area contributed by atoms with E-state index in [9.17, 15) is 4.79 Å². The number of aromatic nitrogens is 1. The standard InChI is InChI=1S/C12H21N3O2.ClH/c1-3-9(4-2)11-7-10(17-15-11)8-14-12(16)5-6-13;/h7,9H,3-6,8,13H2,1-2H3,(H,14,16);1H. The maximum atomic E-state index is 11.2. The molecule has 1 amide bonds. The molecule has 0 atom stereocenters.